The zero-order chi connectivity index (χ0) is 70.0. The second kappa shape index (κ2) is 32.0. The van der Waals surface area contributed by atoms with Crippen LogP contribution in [0, 0.1) is 0 Å². The van der Waals surface area contributed by atoms with Crippen LogP contribution in [0.1, 0.15) is 48.0 Å². The van der Waals surface area contributed by atoms with Gasteiger partial charge in [0.1, 0.15) is 33.6 Å². The van der Waals surface area contributed by atoms with Gasteiger partial charge in [0.05, 0.1) is 50.5 Å². The summed E-state index contributed by atoms with van der Waals surface area (Å²) in [5, 5.41) is 12.0. The molecule has 94 heavy (non-hydrogen) atoms. The Morgan fingerprint density at radius 2 is 1.20 bits per heavy atom. The van der Waals surface area contributed by atoms with Crippen molar-refractivity contribution in [3.8, 4) is 40.7 Å². The molecule has 7 aromatic rings. The zero-order valence-electron chi connectivity index (χ0n) is 49.4. The van der Waals surface area contributed by atoms with Crippen molar-refractivity contribution in [3.05, 3.63) is 146 Å². The van der Waals surface area contributed by atoms with Crippen LogP contribution in [0.3, 0.4) is 0 Å². The van der Waals surface area contributed by atoms with Gasteiger partial charge in [0, 0.05) is 24.9 Å². The Bertz CT molecular complexity index is 4330. The number of methoxy groups -OCH3 is 3. The lowest BCUT2D eigenvalue weighted by Gasteiger charge is -2.17. The number of esters is 1. The van der Waals surface area contributed by atoms with Crippen LogP contribution >= 0.6 is 0 Å². The number of amides is 4. The topological polar surface area (TPSA) is 412 Å². The Kier molecular flexibility index (Phi) is 25.2. The Hall–Kier alpha value is -10.7. The number of sulfone groups is 1. The van der Waals surface area contributed by atoms with Crippen molar-refractivity contribution >= 4 is 65.8 Å². The molecular formula is C53H52F7N11O20S3. The minimum absolute atomic E-state index is 0.0612. The SMILES string of the molecule is CCS(=O)(=O)c1cccnc1S(=O)(=O)NC(=O)Nc1nc(OC)cc(OC)n1.CCc1ccc(COc2ccc(-n3c(=O)cc(C(F)(F)F)n(C)c3=O)cc2)c(OC(C)C(=O)OC)c1.O=C(Nc1nc(OC(F)F)cc(OC(F)F)n1)NS(=O)(=O)c1ccccc1C(=O)O. The zero-order valence-corrected chi connectivity index (χ0v) is 51.8. The third-order valence-electron chi connectivity index (χ3n) is 11.7. The number of aromatic nitrogens is 7. The lowest BCUT2D eigenvalue weighted by atomic mass is 10.1. The highest BCUT2D eigenvalue weighted by molar-refractivity contribution is 7.93. The number of aryl methyl sites for hydroxylation is 1. The molecule has 4 amide bonds. The van der Waals surface area contributed by atoms with Crippen LogP contribution < -0.4 is 59.7 Å². The van der Waals surface area contributed by atoms with Gasteiger partial charge in [-0.15, -0.1) is 0 Å². The summed E-state index contributed by atoms with van der Waals surface area (Å²) >= 11 is 0. The van der Waals surface area contributed by atoms with Crippen molar-refractivity contribution in [2.75, 3.05) is 37.7 Å². The summed E-state index contributed by atoms with van der Waals surface area (Å²) in [6.45, 7) is -1.83. The standard InChI is InChI=1S/C25H25F3N2O6.C14H10F4N4O7S.C14H17N5O7S2/c1-5-16-6-7-17(20(12-16)36-15(2)23(32)34-4)14-35-19-10-8-18(9-11-19)30-22(31)13-21(25(26,27)28)29(3)24(30)33;15-11(16)28-8-5-9(29-12(17)18)20-13(19-8)21-14(25)22-30(26,27)7-4-2-1-3-6(7)10(23)24;1-4-27(21,22)9-6-5-7-15-12(9)28(23,24)19-14(20)18-13-16-10(25-2)8-11(17-13)26-3/h6-13,15H,5,14H2,1-4H3;1-5,11-12H,(H,23,24)(H2,19,20,21,22,25);5-8H,4H2,1-3H3,(H2,16,17,18,19,20). The van der Waals surface area contributed by atoms with E-state index in [1.807, 2.05) is 25.1 Å². The number of sulfonamides is 2. The van der Waals surface area contributed by atoms with E-state index >= 15 is 0 Å². The van der Waals surface area contributed by atoms with Gasteiger partial charge in [-0.2, -0.15) is 59.1 Å². The number of hydrogen-bond acceptors (Lipinski definition) is 24. The van der Waals surface area contributed by atoms with Crippen molar-refractivity contribution < 1.29 is 113 Å². The fraction of sp³-hybridized carbons (Fsp3) is 0.264. The molecule has 0 fully saturated rings. The molecule has 0 radical (unpaired) electrons. The summed E-state index contributed by atoms with van der Waals surface area (Å²) in [5.74, 6) is -4.66. The summed E-state index contributed by atoms with van der Waals surface area (Å²) in [5.41, 5.74) is -2.45. The molecule has 7 rings (SSSR count). The molecule has 5 N–H and O–H groups in total. The number of halogens is 7. The minimum Gasteiger partial charge on any atom is -0.489 e. The Balaban J connectivity index is 0.000000258. The summed E-state index contributed by atoms with van der Waals surface area (Å²) in [6.07, 6.45) is -3.81. The first-order valence-electron chi connectivity index (χ1n) is 26.0. The number of pyridine rings is 1. The first-order chi connectivity index (χ1) is 44.1. The number of carbonyl (C=O) groups is 4. The highest BCUT2D eigenvalue weighted by Gasteiger charge is 2.35. The lowest BCUT2D eigenvalue weighted by Crippen LogP contribution is -2.40. The molecular weight excluding hydrogens is 1340 g/mol. The Morgan fingerprint density at radius 1 is 0.670 bits per heavy atom. The van der Waals surface area contributed by atoms with E-state index in [4.69, 9.17) is 28.8 Å². The fourth-order valence-electron chi connectivity index (χ4n) is 7.32. The van der Waals surface area contributed by atoms with Crippen LogP contribution in [0.5, 0.6) is 35.0 Å². The average Bonchev–Trinajstić information content (AvgIpc) is 0.786. The van der Waals surface area contributed by atoms with E-state index in [0.29, 0.717) is 38.3 Å². The summed E-state index contributed by atoms with van der Waals surface area (Å²) < 4.78 is 200. The van der Waals surface area contributed by atoms with Crippen LogP contribution in [0.25, 0.3) is 5.69 Å². The second-order valence-corrected chi connectivity index (χ2v) is 23.4. The maximum absolute atomic E-state index is 13.1. The Morgan fingerprint density at radius 3 is 1.71 bits per heavy atom. The average molecular weight is 1390 g/mol. The van der Waals surface area contributed by atoms with E-state index in [1.165, 1.54) is 81.5 Å². The molecule has 4 aromatic heterocycles. The molecule has 41 heteroatoms. The maximum atomic E-state index is 13.1. The minimum atomic E-state index is -4.84. The number of nitrogens with one attached hydrogen (secondary N) is 4. The number of anilines is 2. The molecule has 3 aromatic carbocycles. The number of ether oxygens (including phenoxy) is 7. The number of rotatable bonds is 23. The number of benzene rings is 3. The van der Waals surface area contributed by atoms with Gasteiger partial charge >= 0.3 is 49.1 Å². The van der Waals surface area contributed by atoms with E-state index < -0.39 is 134 Å². The number of aromatic carboxylic acids is 1. The normalized spacial score (nSPS) is 11.7. The number of alkyl halides is 7. The molecule has 0 bridgehead atoms. The number of carboxylic acids is 1. The quantitative estimate of drug-likeness (QED) is 0.0378. The van der Waals surface area contributed by atoms with E-state index in [0.717, 1.165) is 43.4 Å². The number of carbonyl (C=O) groups excluding carboxylic acids is 3. The van der Waals surface area contributed by atoms with Crippen LogP contribution in [0.2, 0.25) is 0 Å². The molecule has 506 valence electrons. The van der Waals surface area contributed by atoms with Gasteiger partial charge in [-0.1, -0.05) is 38.1 Å². The molecule has 0 saturated heterocycles. The van der Waals surface area contributed by atoms with Crippen LogP contribution in [-0.2, 0) is 65.7 Å². The predicted molar refractivity (Wildman–Crippen MR) is 309 cm³/mol. The lowest BCUT2D eigenvalue weighted by molar-refractivity contribution is -0.148. The largest absolute Gasteiger partial charge is 0.489 e. The summed E-state index contributed by atoms with van der Waals surface area (Å²) in [4.78, 5) is 88.2. The number of hydrogen-bond donors (Lipinski definition) is 5. The van der Waals surface area contributed by atoms with Gasteiger partial charge < -0.3 is 38.3 Å². The van der Waals surface area contributed by atoms with E-state index in [-0.39, 0.29) is 35.8 Å². The molecule has 0 spiro atoms. The third kappa shape index (κ3) is 20.4. The van der Waals surface area contributed by atoms with Crippen LogP contribution in [0.15, 0.2) is 128 Å². The van der Waals surface area contributed by atoms with Crippen molar-refractivity contribution in [2.45, 2.75) is 74.1 Å². The molecule has 31 nitrogen and oxygen atoms in total. The molecule has 0 aliphatic carbocycles. The summed E-state index contributed by atoms with van der Waals surface area (Å²) in [7, 11) is -8.34. The number of carboxylic acid groups (broad SMARTS) is 1. The van der Waals surface area contributed by atoms with Gasteiger partial charge in [0.2, 0.25) is 35.4 Å². The molecule has 0 aliphatic heterocycles. The van der Waals surface area contributed by atoms with Gasteiger partial charge in [-0.05, 0) is 73.5 Å². The number of nitrogens with zero attached hydrogens (tertiary/aromatic N) is 7. The maximum Gasteiger partial charge on any atom is 0.431 e. The molecule has 0 aliphatic rings. The molecule has 1 atom stereocenters. The van der Waals surface area contributed by atoms with Gasteiger partial charge in [0.15, 0.2) is 21.0 Å². The van der Waals surface area contributed by atoms with Crippen molar-refractivity contribution in [1.29, 1.82) is 0 Å². The highest BCUT2D eigenvalue weighted by atomic mass is 32.2. The number of urea groups is 2. The van der Waals surface area contributed by atoms with Crippen LogP contribution in [0.4, 0.5) is 52.2 Å². The van der Waals surface area contributed by atoms with Gasteiger partial charge in [-0.3, -0.25) is 20.0 Å². The monoisotopic (exact) mass is 1390 g/mol. The molecule has 0 saturated carbocycles. The van der Waals surface area contributed by atoms with E-state index in [9.17, 15) is 84.8 Å². The van der Waals surface area contributed by atoms with Gasteiger partial charge in [-0.25, -0.2) is 59.8 Å². The molecule has 4 heterocycles. The third-order valence-corrected chi connectivity index (χ3v) is 16.3. The Labute approximate surface area is 526 Å². The first kappa shape index (κ1) is 74.0. The smallest absolute Gasteiger partial charge is 0.431 e. The molecule has 1 unspecified atom stereocenters. The van der Waals surface area contributed by atoms with Crippen molar-refractivity contribution in [3.63, 3.8) is 0 Å². The van der Waals surface area contributed by atoms with E-state index in [2.05, 4.69) is 39.7 Å². The predicted octanol–water partition coefficient (Wildman–Crippen LogP) is 5.72. The van der Waals surface area contributed by atoms with Crippen LogP contribution in [-0.4, -0.2) is 135 Å². The highest BCUT2D eigenvalue weighted by Crippen LogP contribution is 2.29. The summed E-state index contributed by atoms with van der Waals surface area (Å²) in [6, 6.07) is 17.4. The van der Waals surface area contributed by atoms with Crippen molar-refractivity contribution in [2.24, 2.45) is 7.05 Å². The fourth-order valence-corrected chi connectivity index (χ4v) is 11.0. The second-order valence-electron chi connectivity index (χ2n) is 17.9. The van der Waals surface area contributed by atoms with Crippen molar-refractivity contribution in [1.82, 2.24) is 43.5 Å². The first-order valence-corrected chi connectivity index (χ1v) is 30.6. The van der Waals surface area contributed by atoms with E-state index in [1.54, 1.807) is 17.0 Å². The van der Waals surface area contributed by atoms with Gasteiger partial charge in [0.25, 0.3) is 25.6 Å².